The summed E-state index contributed by atoms with van der Waals surface area (Å²) >= 11 is 5.70. The van der Waals surface area contributed by atoms with Crippen LogP contribution in [-0.2, 0) is 19.5 Å². The summed E-state index contributed by atoms with van der Waals surface area (Å²) in [5.41, 5.74) is 0.848. The van der Waals surface area contributed by atoms with Gasteiger partial charge in [-0.15, -0.1) is 11.6 Å². The highest BCUT2D eigenvalue weighted by molar-refractivity contribution is 6.16. The van der Waals surface area contributed by atoms with Crippen molar-refractivity contribution in [2.24, 2.45) is 7.05 Å². The molecule has 19 heavy (non-hydrogen) atoms. The lowest BCUT2D eigenvalue weighted by Crippen LogP contribution is -2.13. The summed E-state index contributed by atoms with van der Waals surface area (Å²) in [6, 6.07) is 7.72. The smallest absolute Gasteiger partial charge is 0.223 e. The van der Waals surface area contributed by atoms with Crippen LogP contribution in [0.5, 0.6) is 5.75 Å². The van der Waals surface area contributed by atoms with Gasteiger partial charge in [-0.25, -0.2) is 4.39 Å². The number of ether oxygens (including phenoxy) is 1. The Kier molecular flexibility index (Phi) is 4.22. The molecule has 0 N–H and O–H groups in total. The Labute approximate surface area is 115 Å². The first-order valence-electron chi connectivity index (χ1n) is 5.73. The monoisotopic (exact) mass is 281 g/mol. The van der Waals surface area contributed by atoms with Gasteiger partial charge in [0.25, 0.3) is 0 Å². The molecule has 100 valence electrons. The largest absolute Gasteiger partial charge is 0.483 e. The van der Waals surface area contributed by atoms with Gasteiger partial charge >= 0.3 is 0 Å². The zero-order valence-corrected chi connectivity index (χ0v) is 11.2. The number of pyridine rings is 1. The van der Waals surface area contributed by atoms with Gasteiger partial charge in [0, 0.05) is 24.4 Å². The third-order valence-electron chi connectivity index (χ3n) is 2.78. The summed E-state index contributed by atoms with van der Waals surface area (Å²) in [5.74, 6) is 0.0793. The Morgan fingerprint density at radius 3 is 2.79 bits per heavy atom. The van der Waals surface area contributed by atoms with E-state index in [2.05, 4.69) is 0 Å². The van der Waals surface area contributed by atoms with Crippen LogP contribution >= 0.6 is 11.6 Å². The van der Waals surface area contributed by atoms with Crippen LogP contribution in [0.15, 0.2) is 41.3 Å². The average molecular weight is 282 g/mol. The predicted octanol–water partition coefficient (Wildman–Crippen LogP) is 2.84. The number of hydrogen-bond donors (Lipinski definition) is 0. The molecule has 0 aliphatic heterocycles. The molecule has 2 rings (SSSR count). The topological polar surface area (TPSA) is 31.2 Å². The maximum atomic E-state index is 13.4. The Morgan fingerprint density at radius 1 is 1.37 bits per heavy atom. The minimum absolute atomic E-state index is 0.0160. The Bertz CT molecular complexity index is 640. The number of alkyl halides is 1. The van der Waals surface area contributed by atoms with Crippen molar-refractivity contribution in [1.29, 1.82) is 0 Å². The highest BCUT2D eigenvalue weighted by Gasteiger charge is 2.07. The van der Waals surface area contributed by atoms with Gasteiger partial charge in [0.15, 0.2) is 5.75 Å². The third-order valence-corrected chi connectivity index (χ3v) is 3.06. The quantitative estimate of drug-likeness (QED) is 0.807. The lowest BCUT2D eigenvalue weighted by atomic mass is 10.2. The van der Waals surface area contributed by atoms with Crippen molar-refractivity contribution in [3.8, 4) is 5.75 Å². The molecule has 0 spiro atoms. The van der Waals surface area contributed by atoms with Crippen LogP contribution in [-0.4, -0.2) is 4.57 Å². The fourth-order valence-electron chi connectivity index (χ4n) is 1.66. The molecule has 2 aromatic rings. The molecule has 1 aromatic carbocycles. The Morgan fingerprint density at radius 2 is 2.11 bits per heavy atom. The molecule has 0 atom stereocenters. The molecular weight excluding hydrogens is 269 g/mol. The van der Waals surface area contributed by atoms with Crippen LogP contribution in [0.2, 0.25) is 0 Å². The molecule has 0 radical (unpaired) electrons. The van der Waals surface area contributed by atoms with E-state index < -0.39 is 0 Å². The molecule has 0 aliphatic carbocycles. The van der Waals surface area contributed by atoms with Gasteiger partial charge in [0.2, 0.25) is 5.43 Å². The van der Waals surface area contributed by atoms with Crippen molar-refractivity contribution in [2.45, 2.75) is 12.5 Å². The van der Waals surface area contributed by atoms with E-state index in [1.165, 1.54) is 12.1 Å². The van der Waals surface area contributed by atoms with Crippen molar-refractivity contribution in [3.63, 3.8) is 0 Å². The lowest BCUT2D eigenvalue weighted by molar-refractivity contribution is 0.294. The maximum absolute atomic E-state index is 13.4. The van der Waals surface area contributed by atoms with E-state index in [9.17, 15) is 9.18 Å². The van der Waals surface area contributed by atoms with Crippen LogP contribution in [0, 0.1) is 5.82 Å². The normalized spacial score (nSPS) is 10.5. The minimum atomic E-state index is -0.350. The average Bonchev–Trinajstić information content (AvgIpc) is 2.41. The van der Waals surface area contributed by atoms with E-state index in [4.69, 9.17) is 16.3 Å². The number of halogens is 2. The van der Waals surface area contributed by atoms with Gasteiger partial charge in [0.05, 0.1) is 12.1 Å². The number of aryl methyl sites for hydroxylation is 1. The number of rotatable bonds is 4. The Hall–Kier alpha value is -1.81. The van der Waals surface area contributed by atoms with Crippen molar-refractivity contribution < 1.29 is 9.13 Å². The van der Waals surface area contributed by atoms with Crippen LogP contribution in [0.25, 0.3) is 0 Å². The van der Waals surface area contributed by atoms with Crippen LogP contribution in [0.4, 0.5) is 4.39 Å². The number of nitrogens with zero attached hydrogens (tertiary/aromatic N) is 1. The first-order chi connectivity index (χ1) is 9.11. The van der Waals surface area contributed by atoms with Gasteiger partial charge in [-0.3, -0.25) is 4.79 Å². The van der Waals surface area contributed by atoms with Gasteiger partial charge < -0.3 is 9.30 Å². The van der Waals surface area contributed by atoms with Gasteiger partial charge in [-0.05, 0) is 6.07 Å². The molecule has 0 fully saturated rings. The number of benzene rings is 1. The lowest BCUT2D eigenvalue weighted by Gasteiger charge is -2.10. The molecule has 0 amide bonds. The van der Waals surface area contributed by atoms with Crippen LogP contribution in [0.3, 0.4) is 0 Å². The minimum Gasteiger partial charge on any atom is -0.483 e. The second kappa shape index (κ2) is 5.89. The van der Waals surface area contributed by atoms with Gasteiger partial charge in [-0.2, -0.15) is 0 Å². The Balaban J connectivity index is 2.19. The fourth-order valence-corrected chi connectivity index (χ4v) is 1.92. The molecular formula is C14H13ClFNO2. The summed E-state index contributed by atoms with van der Waals surface area (Å²) < 4.78 is 20.5. The van der Waals surface area contributed by atoms with Crippen LogP contribution in [0.1, 0.15) is 11.3 Å². The zero-order chi connectivity index (χ0) is 13.8. The fraction of sp³-hybridized carbons (Fsp3) is 0.214. The first kappa shape index (κ1) is 13.6. The molecule has 0 saturated heterocycles. The summed E-state index contributed by atoms with van der Waals surface area (Å²) in [6.07, 6.45) is 1.56. The van der Waals surface area contributed by atoms with E-state index in [-0.39, 0.29) is 29.5 Å². The first-order valence-corrected chi connectivity index (χ1v) is 6.27. The molecule has 3 nitrogen and oxygen atoms in total. The molecule has 0 saturated carbocycles. The summed E-state index contributed by atoms with van der Waals surface area (Å²) in [4.78, 5) is 11.8. The van der Waals surface area contributed by atoms with Crippen molar-refractivity contribution in [2.75, 3.05) is 0 Å². The zero-order valence-electron chi connectivity index (χ0n) is 10.4. The van der Waals surface area contributed by atoms with Crippen molar-refractivity contribution >= 4 is 11.6 Å². The van der Waals surface area contributed by atoms with E-state index >= 15 is 0 Å². The van der Waals surface area contributed by atoms with Gasteiger partial charge in [-0.1, -0.05) is 18.2 Å². The second-order valence-corrected chi connectivity index (χ2v) is 4.39. The van der Waals surface area contributed by atoms with Gasteiger partial charge in [0.1, 0.15) is 12.4 Å². The third kappa shape index (κ3) is 3.15. The van der Waals surface area contributed by atoms with Crippen molar-refractivity contribution in [1.82, 2.24) is 4.57 Å². The molecule has 5 heteroatoms. The molecule has 0 aliphatic rings. The predicted molar refractivity (Wildman–Crippen MR) is 72.0 cm³/mol. The highest BCUT2D eigenvalue weighted by Crippen LogP contribution is 2.12. The standard InChI is InChI=1S/C14H13ClFNO2/c1-17-8-14(13(18)6-11(17)7-15)19-9-10-4-2-3-5-12(10)16/h2-6,8H,7,9H2,1H3. The maximum Gasteiger partial charge on any atom is 0.223 e. The molecule has 0 unspecified atom stereocenters. The summed E-state index contributed by atoms with van der Waals surface area (Å²) in [5, 5.41) is 0. The molecule has 1 aromatic heterocycles. The number of aromatic nitrogens is 1. The van der Waals surface area contributed by atoms with Crippen molar-refractivity contribution in [3.05, 3.63) is 63.8 Å². The second-order valence-electron chi connectivity index (χ2n) is 4.12. The van der Waals surface area contributed by atoms with E-state index in [1.54, 1.807) is 36.0 Å². The SMILES string of the molecule is Cn1cc(OCc2ccccc2F)c(=O)cc1CCl. The van der Waals surface area contributed by atoms with E-state index in [0.717, 1.165) is 0 Å². The summed E-state index contributed by atoms with van der Waals surface area (Å²) in [6.45, 7) is 0.0160. The van der Waals surface area contributed by atoms with E-state index in [0.29, 0.717) is 11.3 Å². The highest BCUT2D eigenvalue weighted by atomic mass is 35.5. The number of hydrogen-bond acceptors (Lipinski definition) is 2. The molecule has 0 bridgehead atoms. The van der Waals surface area contributed by atoms with E-state index in [1.807, 2.05) is 0 Å². The molecule has 1 heterocycles. The summed E-state index contributed by atoms with van der Waals surface area (Å²) in [7, 11) is 1.77. The van der Waals surface area contributed by atoms with Crippen LogP contribution < -0.4 is 10.2 Å².